The zero-order chi connectivity index (χ0) is 9.47. The highest BCUT2D eigenvalue weighted by molar-refractivity contribution is 6.31. The van der Waals surface area contributed by atoms with Gasteiger partial charge in [0.05, 0.1) is 5.60 Å². The lowest BCUT2D eigenvalue weighted by molar-refractivity contribution is 0.0711. The van der Waals surface area contributed by atoms with Gasteiger partial charge in [-0.05, 0) is 24.6 Å². The molecule has 1 unspecified atom stereocenters. The highest BCUT2D eigenvalue weighted by Gasteiger charge is 2.27. The molecular formula is C10H12ClNO. The number of nitrogens with one attached hydrogen (secondary N) is 1. The molecule has 1 aromatic rings. The molecule has 0 spiro atoms. The molecule has 1 heterocycles. The number of hydrogen-bond acceptors (Lipinski definition) is 2. The van der Waals surface area contributed by atoms with E-state index in [1.165, 1.54) is 0 Å². The molecule has 3 heteroatoms. The van der Waals surface area contributed by atoms with Gasteiger partial charge in [-0.25, -0.2) is 0 Å². The lowest BCUT2D eigenvalue weighted by atomic mass is 9.91. The van der Waals surface area contributed by atoms with E-state index >= 15 is 0 Å². The van der Waals surface area contributed by atoms with Crippen LogP contribution in [0.3, 0.4) is 0 Å². The molecule has 2 rings (SSSR count). The summed E-state index contributed by atoms with van der Waals surface area (Å²) in [6.45, 7) is 2.40. The lowest BCUT2D eigenvalue weighted by Gasteiger charge is -2.31. The van der Waals surface area contributed by atoms with Crippen molar-refractivity contribution in [3.63, 3.8) is 0 Å². The lowest BCUT2D eigenvalue weighted by Crippen LogP contribution is -2.39. The molecule has 0 saturated heterocycles. The molecule has 70 valence electrons. The summed E-state index contributed by atoms with van der Waals surface area (Å²) in [5, 5.41) is 13.7. The molecule has 1 aliphatic rings. The first-order valence-electron chi connectivity index (χ1n) is 4.32. The molecule has 1 aromatic carbocycles. The summed E-state index contributed by atoms with van der Waals surface area (Å²) in [7, 11) is 0. The van der Waals surface area contributed by atoms with Crippen molar-refractivity contribution in [1.29, 1.82) is 0 Å². The van der Waals surface area contributed by atoms with Crippen LogP contribution in [0, 0.1) is 0 Å². The molecule has 0 aliphatic carbocycles. The Morgan fingerprint density at radius 2 is 2.31 bits per heavy atom. The van der Waals surface area contributed by atoms with Crippen molar-refractivity contribution in [3.8, 4) is 0 Å². The molecule has 0 amide bonds. The van der Waals surface area contributed by atoms with Crippen LogP contribution >= 0.6 is 11.6 Å². The summed E-state index contributed by atoms with van der Waals surface area (Å²) in [5.74, 6) is 0. The fraction of sp³-hybridized carbons (Fsp3) is 0.400. The van der Waals surface area contributed by atoms with Crippen molar-refractivity contribution in [3.05, 3.63) is 28.8 Å². The summed E-state index contributed by atoms with van der Waals surface area (Å²) in [5.41, 5.74) is 1.37. The maximum absolute atomic E-state index is 9.82. The standard InChI is InChI=1S/C10H12ClNO/c1-10(13)5-7-8(11)3-2-4-9(7)12-6-10/h2-4,12-13H,5-6H2,1H3. The van der Waals surface area contributed by atoms with Crippen molar-refractivity contribution in [2.45, 2.75) is 18.9 Å². The summed E-state index contributed by atoms with van der Waals surface area (Å²) < 4.78 is 0. The topological polar surface area (TPSA) is 32.3 Å². The SMILES string of the molecule is CC1(O)CNc2cccc(Cl)c2C1. The average molecular weight is 198 g/mol. The second kappa shape index (κ2) is 2.89. The van der Waals surface area contributed by atoms with Crippen LogP contribution in [0.2, 0.25) is 5.02 Å². The Kier molecular flexibility index (Phi) is 1.97. The first-order chi connectivity index (χ1) is 6.08. The van der Waals surface area contributed by atoms with Crippen LogP contribution in [-0.4, -0.2) is 17.3 Å². The third-order valence-corrected chi connectivity index (χ3v) is 2.69. The molecular weight excluding hydrogens is 186 g/mol. The van der Waals surface area contributed by atoms with Gasteiger partial charge in [-0.1, -0.05) is 17.7 Å². The monoisotopic (exact) mass is 197 g/mol. The van der Waals surface area contributed by atoms with E-state index in [0.29, 0.717) is 13.0 Å². The molecule has 1 aliphatic heterocycles. The zero-order valence-electron chi connectivity index (χ0n) is 7.47. The minimum Gasteiger partial charge on any atom is -0.388 e. The Labute approximate surface area is 82.5 Å². The minimum atomic E-state index is -0.683. The third-order valence-electron chi connectivity index (χ3n) is 2.34. The van der Waals surface area contributed by atoms with E-state index in [1.807, 2.05) is 25.1 Å². The van der Waals surface area contributed by atoms with Crippen molar-refractivity contribution in [1.82, 2.24) is 0 Å². The number of β-amino-alcohol motifs (C(OH)–C–C–N with tert-alkyl or cyclic N) is 1. The summed E-state index contributed by atoms with van der Waals surface area (Å²) in [6, 6.07) is 5.74. The molecule has 2 nitrogen and oxygen atoms in total. The van der Waals surface area contributed by atoms with Crippen LogP contribution in [0.4, 0.5) is 5.69 Å². The van der Waals surface area contributed by atoms with Crippen molar-refractivity contribution < 1.29 is 5.11 Å². The smallest absolute Gasteiger partial charge is 0.0832 e. The number of aliphatic hydroxyl groups is 1. The van der Waals surface area contributed by atoms with Gasteiger partial charge in [0.25, 0.3) is 0 Å². The van der Waals surface area contributed by atoms with E-state index in [9.17, 15) is 5.11 Å². The first-order valence-corrected chi connectivity index (χ1v) is 4.70. The van der Waals surface area contributed by atoms with Gasteiger partial charge in [0.15, 0.2) is 0 Å². The van der Waals surface area contributed by atoms with Crippen LogP contribution < -0.4 is 5.32 Å². The quantitative estimate of drug-likeness (QED) is 0.668. The zero-order valence-corrected chi connectivity index (χ0v) is 8.23. The van der Waals surface area contributed by atoms with Crippen molar-refractivity contribution >= 4 is 17.3 Å². The fourth-order valence-electron chi connectivity index (χ4n) is 1.63. The molecule has 0 fully saturated rings. The Morgan fingerprint density at radius 1 is 1.54 bits per heavy atom. The molecule has 2 N–H and O–H groups in total. The van der Waals surface area contributed by atoms with E-state index in [2.05, 4.69) is 5.32 Å². The number of halogens is 1. The molecule has 0 saturated carbocycles. The van der Waals surface area contributed by atoms with E-state index in [4.69, 9.17) is 11.6 Å². The molecule has 0 bridgehead atoms. The molecule has 0 radical (unpaired) electrons. The van der Waals surface area contributed by atoms with Gasteiger partial charge in [0.2, 0.25) is 0 Å². The predicted octanol–water partition coefficient (Wildman–Crippen LogP) is 2.06. The van der Waals surface area contributed by atoms with Crippen LogP contribution in [-0.2, 0) is 6.42 Å². The van der Waals surface area contributed by atoms with Gasteiger partial charge in [0.1, 0.15) is 0 Å². The number of anilines is 1. The highest BCUT2D eigenvalue weighted by Crippen LogP contribution is 2.31. The molecule has 13 heavy (non-hydrogen) atoms. The largest absolute Gasteiger partial charge is 0.388 e. The highest BCUT2D eigenvalue weighted by atomic mass is 35.5. The summed E-state index contributed by atoms with van der Waals surface area (Å²) >= 11 is 6.02. The third kappa shape index (κ3) is 1.64. The fourth-order valence-corrected chi connectivity index (χ4v) is 1.87. The number of fused-ring (bicyclic) bond motifs is 1. The Bertz CT molecular complexity index is 336. The van der Waals surface area contributed by atoms with E-state index in [0.717, 1.165) is 16.3 Å². The van der Waals surface area contributed by atoms with Gasteiger partial charge in [-0.15, -0.1) is 0 Å². The maximum Gasteiger partial charge on any atom is 0.0832 e. The Balaban J connectivity index is 2.44. The van der Waals surface area contributed by atoms with Gasteiger partial charge < -0.3 is 10.4 Å². The first kappa shape index (κ1) is 8.85. The van der Waals surface area contributed by atoms with Gasteiger partial charge in [0, 0.05) is 23.7 Å². The second-order valence-corrected chi connectivity index (χ2v) is 4.20. The van der Waals surface area contributed by atoms with Crippen LogP contribution in [0.15, 0.2) is 18.2 Å². The Hall–Kier alpha value is -0.730. The average Bonchev–Trinajstić information content (AvgIpc) is 2.06. The van der Waals surface area contributed by atoms with E-state index < -0.39 is 5.60 Å². The van der Waals surface area contributed by atoms with Crippen LogP contribution in [0.25, 0.3) is 0 Å². The van der Waals surface area contributed by atoms with Gasteiger partial charge in [-0.3, -0.25) is 0 Å². The number of hydrogen-bond donors (Lipinski definition) is 2. The predicted molar refractivity (Wildman–Crippen MR) is 54.3 cm³/mol. The van der Waals surface area contributed by atoms with Crippen molar-refractivity contribution in [2.24, 2.45) is 0 Å². The maximum atomic E-state index is 9.82. The number of rotatable bonds is 0. The summed E-state index contributed by atoms with van der Waals surface area (Å²) in [4.78, 5) is 0. The van der Waals surface area contributed by atoms with Gasteiger partial charge >= 0.3 is 0 Å². The molecule has 0 aromatic heterocycles. The molecule has 1 atom stereocenters. The van der Waals surface area contributed by atoms with Crippen LogP contribution in [0.1, 0.15) is 12.5 Å². The Morgan fingerprint density at radius 3 is 3.08 bits per heavy atom. The second-order valence-electron chi connectivity index (χ2n) is 3.79. The van der Waals surface area contributed by atoms with Crippen LogP contribution in [0.5, 0.6) is 0 Å². The number of benzene rings is 1. The van der Waals surface area contributed by atoms with E-state index in [-0.39, 0.29) is 0 Å². The normalized spacial score (nSPS) is 26.4. The van der Waals surface area contributed by atoms with Crippen molar-refractivity contribution in [2.75, 3.05) is 11.9 Å². The summed E-state index contributed by atoms with van der Waals surface area (Å²) in [6.07, 6.45) is 0.620. The minimum absolute atomic E-state index is 0.584. The van der Waals surface area contributed by atoms with Gasteiger partial charge in [-0.2, -0.15) is 0 Å². The van der Waals surface area contributed by atoms with E-state index in [1.54, 1.807) is 0 Å².